The number of hydrogen-bond donors (Lipinski definition) is 2. The molecule has 0 aromatic heterocycles. The van der Waals surface area contributed by atoms with Crippen LogP contribution in [0, 0.1) is 5.92 Å². The Bertz CT molecular complexity index is 411. The van der Waals surface area contributed by atoms with Crippen LogP contribution in [0.5, 0.6) is 0 Å². The topological polar surface area (TPSA) is 35.5 Å². The van der Waals surface area contributed by atoms with Crippen molar-refractivity contribution >= 4 is 21.6 Å². The number of nitrogens with one attached hydrogen (secondary N) is 1. The molecule has 3 nitrogen and oxygen atoms in total. The minimum Gasteiger partial charge on any atom is -0.396 e. The summed E-state index contributed by atoms with van der Waals surface area (Å²) in [5.41, 5.74) is 2.69. The third-order valence-electron chi connectivity index (χ3n) is 3.77. The zero-order valence-electron chi connectivity index (χ0n) is 11.5. The van der Waals surface area contributed by atoms with Gasteiger partial charge in [-0.1, -0.05) is 22.9 Å². The van der Waals surface area contributed by atoms with Gasteiger partial charge in [-0.3, -0.25) is 0 Å². The zero-order valence-corrected chi connectivity index (χ0v) is 13.1. The van der Waals surface area contributed by atoms with E-state index in [4.69, 9.17) is 5.11 Å². The molecule has 4 heteroatoms. The lowest BCUT2D eigenvalue weighted by Gasteiger charge is -2.22. The van der Waals surface area contributed by atoms with Crippen LogP contribution in [0.4, 0.5) is 5.69 Å². The van der Waals surface area contributed by atoms with Crippen LogP contribution >= 0.6 is 15.9 Å². The molecular weight excluding hydrogens is 304 g/mol. The van der Waals surface area contributed by atoms with E-state index in [0.29, 0.717) is 12.5 Å². The maximum Gasteiger partial charge on any atom is 0.0434 e. The highest BCUT2D eigenvalue weighted by Gasteiger charge is 2.23. The number of rotatable bonds is 6. The number of benzene rings is 1. The molecule has 106 valence electrons. The Hall–Kier alpha value is -0.580. The van der Waals surface area contributed by atoms with Crippen LogP contribution in [0.15, 0.2) is 22.7 Å². The third-order valence-corrected chi connectivity index (χ3v) is 4.26. The SMILES string of the molecule is CCNCc1cc(Br)ccc1N1CCC(CCO)C1. The molecule has 1 saturated heterocycles. The second-order valence-corrected chi connectivity index (χ2v) is 6.08. The minimum atomic E-state index is 0.309. The molecule has 1 fully saturated rings. The standard InChI is InChI=1S/C15H23BrN2O/c1-2-17-10-13-9-14(16)3-4-15(13)18-7-5-12(11-18)6-8-19/h3-4,9,12,17,19H,2,5-8,10-11H2,1H3. The molecule has 1 aromatic carbocycles. The zero-order chi connectivity index (χ0) is 13.7. The van der Waals surface area contributed by atoms with Gasteiger partial charge < -0.3 is 15.3 Å². The number of aliphatic hydroxyl groups is 1. The first-order chi connectivity index (χ1) is 9.24. The van der Waals surface area contributed by atoms with Crippen LogP contribution in [0.1, 0.15) is 25.3 Å². The van der Waals surface area contributed by atoms with Gasteiger partial charge in [0, 0.05) is 36.4 Å². The molecular formula is C15H23BrN2O. The lowest BCUT2D eigenvalue weighted by molar-refractivity contribution is 0.263. The second kappa shape index (κ2) is 7.27. The fourth-order valence-corrected chi connectivity index (χ4v) is 3.14. The molecule has 2 rings (SSSR count). The minimum absolute atomic E-state index is 0.309. The Morgan fingerprint density at radius 2 is 2.32 bits per heavy atom. The predicted molar refractivity (Wildman–Crippen MR) is 83.5 cm³/mol. The van der Waals surface area contributed by atoms with Gasteiger partial charge in [-0.25, -0.2) is 0 Å². The molecule has 1 heterocycles. The van der Waals surface area contributed by atoms with Crippen molar-refractivity contribution in [1.29, 1.82) is 0 Å². The fourth-order valence-electron chi connectivity index (χ4n) is 2.73. The summed E-state index contributed by atoms with van der Waals surface area (Å²) in [6.45, 7) is 6.51. The quantitative estimate of drug-likeness (QED) is 0.843. The molecule has 1 unspecified atom stereocenters. The van der Waals surface area contributed by atoms with Gasteiger partial charge in [0.25, 0.3) is 0 Å². The average molecular weight is 327 g/mol. The summed E-state index contributed by atoms with van der Waals surface area (Å²) in [5.74, 6) is 0.639. The number of aliphatic hydroxyl groups excluding tert-OH is 1. The third kappa shape index (κ3) is 3.94. The Balaban J connectivity index is 2.10. The molecule has 1 aliphatic rings. The van der Waals surface area contributed by atoms with E-state index in [1.807, 2.05) is 0 Å². The van der Waals surface area contributed by atoms with E-state index in [0.717, 1.165) is 37.1 Å². The van der Waals surface area contributed by atoms with Gasteiger partial charge in [-0.15, -0.1) is 0 Å². The van der Waals surface area contributed by atoms with E-state index >= 15 is 0 Å². The van der Waals surface area contributed by atoms with Crippen molar-refractivity contribution in [2.45, 2.75) is 26.3 Å². The molecule has 0 amide bonds. The molecule has 0 spiro atoms. The molecule has 1 atom stereocenters. The Morgan fingerprint density at radius 3 is 3.05 bits per heavy atom. The summed E-state index contributed by atoms with van der Waals surface area (Å²) in [4.78, 5) is 2.46. The smallest absolute Gasteiger partial charge is 0.0434 e. The second-order valence-electron chi connectivity index (χ2n) is 5.17. The Morgan fingerprint density at radius 1 is 1.47 bits per heavy atom. The highest BCUT2D eigenvalue weighted by molar-refractivity contribution is 9.10. The van der Waals surface area contributed by atoms with Crippen LogP contribution < -0.4 is 10.2 Å². The van der Waals surface area contributed by atoms with Crippen molar-refractivity contribution in [1.82, 2.24) is 5.32 Å². The summed E-state index contributed by atoms with van der Waals surface area (Å²) in [5, 5.41) is 12.5. The van der Waals surface area contributed by atoms with Gasteiger partial charge in [-0.05, 0) is 49.1 Å². The van der Waals surface area contributed by atoms with Gasteiger partial charge in [0.1, 0.15) is 0 Å². The molecule has 0 radical (unpaired) electrons. The van der Waals surface area contributed by atoms with E-state index in [9.17, 15) is 0 Å². The summed E-state index contributed by atoms with van der Waals surface area (Å²) in [6, 6.07) is 6.53. The molecule has 1 aromatic rings. The van der Waals surface area contributed by atoms with E-state index in [-0.39, 0.29) is 0 Å². The highest BCUT2D eigenvalue weighted by atomic mass is 79.9. The first-order valence-electron chi connectivity index (χ1n) is 7.09. The largest absolute Gasteiger partial charge is 0.396 e. The van der Waals surface area contributed by atoms with Crippen LogP contribution in [-0.2, 0) is 6.54 Å². The summed E-state index contributed by atoms with van der Waals surface area (Å²) in [6.07, 6.45) is 2.12. The van der Waals surface area contributed by atoms with Gasteiger partial charge in [-0.2, -0.15) is 0 Å². The predicted octanol–water partition coefficient (Wildman–Crippen LogP) is 2.77. The average Bonchev–Trinajstić information content (AvgIpc) is 2.85. The highest BCUT2D eigenvalue weighted by Crippen LogP contribution is 2.30. The van der Waals surface area contributed by atoms with Crippen molar-refractivity contribution in [2.24, 2.45) is 5.92 Å². The van der Waals surface area contributed by atoms with Crippen LogP contribution in [0.25, 0.3) is 0 Å². The van der Waals surface area contributed by atoms with E-state index in [2.05, 4.69) is 51.3 Å². The van der Waals surface area contributed by atoms with Crippen molar-refractivity contribution < 1.29 is 5.11 Å². The van der Waals surface area contributed by atoms with Gasteiger partial charge in [0.2, 0.25) is 0 Å². The van der Waals surface area contributed by atoms with Crippen LogP contribution in [-0.4, -0.2) is 31.3 Å². The summed E-state index contributed by atoms with van der Waals surface area (Å²) in [7, 11) is 0. The van der Waals surface area contributed by atoms with Crippen molar-refractivity contribution in [3.63, 3.8) is 0 Å². The molecule has 0 bridgehead atoms. The maximum absolute atomic E-state index is 9.06. The van der Waals surface area contributed by atoms with Gasteiger partial charge in [0.15, 0.2) is 0 Å². The van der Waals surface area contributed by atoms with Gasteiger partial charge in [0.05, 0.1) is 0 Å². The monoisotopic (exact) mass is 326 g/mol. The van der Waals surface area contributed by atoms with Crippen molar-refractivity contribution in [3.05, 3.63) is 28.2 Å². The van der Waals surface area contributed by atoms with Crippen molar-refractivity contribution in [3.8, 4) is 0 Å². The lowest BCUT2D eigenvalue weighted by atomic mass is 10.1. The lowest BCUT2D eigenvalue weighted by Crippen LogP contribution is -2.23. The number of anilines is 1. The molecule has 0 saturated carbocycles. The van der Waals surface area contributed by atoms with Gasteiger partial charge >= 0.3 is 0 Å². The Labute approximate surface area is 124 Å². The summed E-state index contributed by atoms with van der Waals surface area (Å²) < 4.78 is 1.13. The van der Waals surface area contributed by atoms with Crippen molar-refractivity contribution in [2.75, 3.05) is 31.1 Å². The normalized spacial score (nSPS) is 19.1. The molecule has 0 aliphatic carbocycles. The first-order valence-corrected chi connectivity index (χ1v) is 7.88. The summed E-state index contributed by atoms with van der Waals surface area (Å²) >= 11 is 3.55. The fraction of sp³-hybridized carbons (Fsp3) is 0.600. The number of nitrogens with zero attached hydrogens (tertiary/aromatic N) is 1. The molecule has 2 N–H and O–H groups in total. The number of halogens is 1. The van der Waals surface area contributed by atoms with Crippen LogP contribution in [0.3, 0.4) is 0 Å². The molecule has 1 aliphatic heterocycles. The van der Waals surface area contributed by atoms with E-state index in [1.54, 1.807) is 0 Å². The first kappa shape index (κ1) is 14.8. The van der Waals surface area contributed by atoms with E-state index < -0.39 is 0 Å². The van der Waals surface area contributed by atoms with Crippen LogP contribution in [0.2, 0.25) is 0 Å². The maximum atomic E-state index is 9.06. The van der Waals surface area contributed by atoms with E-state index in [1.165, 1.54) is 17.7 Å². The Kier molecular flexibility index (Phi) is 5.67. The number of hydrogen-bond acceptors (Lipinski definition) is 3. The molecule has 19 heavy (non-hydrogen) atoms.